The lowest BCUT2D eigenvalue weighted by molar-refractivity contribution is 0.461. The number of halogens is 1. The molecule has 0 unspecified atom stereocenters. The smallest absolute Gasteiger partial charge is 0.239 e. The van der Waals surface area contributed by atoms with Crippen LogP contribution in [0.2, 0.25) is 0 Å². The van der Waals surface area contributed by atoms with E-state index in [1.807, 2.05) is 24.3 Å². The van der Waals surface area contributed by atoms with Crippen LogP contribution in [-0.2, 0) is 0 Å². The largest absolute Gasteiger partial charge is 0.437 e. The number of benzene rings is 1. The van der Waals surface area contributed by atoms with Gasteiger partial charge >= 0.3 is 0 Å². The molecule has 1 aromatic carbocycles. The maximum absolute atomic E-state index is 5.56. The van der Waals surface area contributed by atoms with Crippen molar-refractivity contribution in [3.8, 4) is 11.6 Å². The fraction of sp³-hybridized carbons (Fsp3) is 0.0909. The average Bonchev–Trinajstić information content (AvgIpc) is 2.32. The predicted octanol–water partition coefficient (Wildman–Crippen LogP) is 2.92. The van der Waals surface area contributed by atoms with Crippen LogP contribution >= 0.6 is 22.6 Å². The molecule has 1 heterocycles. The van der Waals surface area contributed by atoms with Crippen LogP contribution in [0.5, 0.6) is 11.6 Å². The van der Waals surface area contributed by atoms with Gasteiger partial charge in [-0.15, -0.1) is 0 Å². The van der Waals surface area contributed by atoms with Crippen molar-refractivity contribution in [2.24, 2.45) is 0 Å². The summed E-state index contributed by atoms with van der Waals surface area (Å²) in [5.74, 6) is 1.92. The van der Waals surface area contributed by atoms with E-state index in [-0.39, 0.29) is 0 Å². The topological polar surface area (TPSA) is 47.0 Å². The average molecular weight is 327 g/mol. The molecule has 0 saturated heterocycles. The van der Waals surface area contributed by atoms with Crippen molar-refractivity contribution in [2.75, 3.05) is 12.4 Å². The van der Waals surface area contributed by atoms with E-state index < -0.39 is 0 Å². The molecule has 1 N–H and O–H groups in total. The van der Waals surface area contributed by atoms with Gasteiger partial charge in [0.2, 0.25) is 5.88 Å². The molecule has 5 heteroatoms. The number of aromatic nitrogens is 2. The zero-order valence-electron chi connectivity index (χ0n) is 8.64. The zero-order chi connectivity index (χ0) is 11.4. The van der Waals surface area contributed by atoms with Crippen molar-refractivity contribution in [3.05, 3.63) is 40.2 Å². The predicted molar refractivity (Wildman–Crippen MR) is 70.8 cm³/mol. The van der Waals surface area contributed by atoms with Gasteiger partial charge in [0, 0.05) is 10.6 Å². The monoisotopic (exact) mass is 327 g/mol. The lowest BCUT2D eigenvalue weighted by atomic mass is 10.3. The Morgan fingerprint density at radius 1 is 1.19 bits per heavy atom. The molecule has 16 heavy (non-hydrogen) atoms. The molecule has 2 rings (SSSR count). The number of nitrogens with zero attached hydrogens (tertiary/aromatic N) is 2. The second kappa shape index (κ2) is 5.11. The molecule has 0 amide bonds. The highest BCUT2D eigenvalue weighted by atomic mass is 127. The number of hydrogen-bond donors (Lipinski definition) is 1. The highest BCUT2D eigenvalue weighted by Gasteiger charge is 2.00. The van der Waals surface area contributed by atoms with Gasteiger partial charge in [0.15, 0.2) is 0 Å². The van der Waals surface area contributed by atoms with Crippen molar-refractivity contribution in [1.82, 2.24) is 9.97 Å². The Kier molecular flexibility index (Phi) is 3.55. The van der Waals surface area contributed by atoms with E-state index in [1.165, 1.54) is 3.57 Å². The standard InChI is InChI=1S/C11H10IN3O/c1-13-10-6-14-7-11(15-10)16-9-4-2-8(12)3-5-9/h2-7H,1H3,(H,13,15). The SMILES string of the molecule is CNc1cncc(Oc2ccc(I)cc2)n1. The molecular weight excluding hydrogens is 317 g/mol. The molecule has 0 aliphatic rings. The highest BCUT2D eigenvalue weighted by molar-refractivity contribution is 14.1. The second-order valence-corrected chi connectivity index (χ2v) is 4.29. The number of rotatable bonds is 3. The molecule has 0 fully saturated rings. The Morgan fingerprint density at radius 2 is 1.94 bits per heavy atom. The Morgan fingerprint density at radius 3 is 2.62 bits per heavy atom. The summed E-state index contributed by atoms with van der Waals surface area (Å²) in [6.45, 7) is 0. The van der Waals surface area contributed by atoms with Gasteiger partial charge in [-0.3, -0.25) is 4.98 Å². The Labute approximate surface area is 107 Å². The molecule has 0 atom stereocenters. The van der Waals surface area contributed by atoms with Crippen LogP contribution in [0.25, 0.3) is 0 Å². The molecule has 0 saturated carbocycles. The van der Waals surface area contributed by atoms with Crippen molar-refractivity contribution in [1.29, 1.82) is 0 Å². The minimum atomic E-state index is 0.480. The van der Waals surface area contributed by atoms with E-state index in [9.17, 15) is 0 Å². The Hall–Kier alpha value is -1.37. The van der Waals surface area contributed by atoms with E-state index in [1.54, 1.807) is 19.4 Å². The number of ether oxygens (including phenoxy) is 1. The minimum absolute atomic E-state index is 0.480. The van der Waals surface area contributed by atoms with Gasteiger partial charge in [-0.1, -0.05) is 0 Å². The highest BCUT2D eigenvalue weighted by Crippen LogP contribution is 2.20. The zero-order valence-corrected chi connectivity index (χ0v) is 10.8. The summed E-state index contributed by atoms with van der Waals surface area (Å²) in [7, 11) is 1.79. The Bertz CT molecular complexity index is 473. The molecule has 0 radical (unpaired) electrons. The first-order valence-corrected chi connectivity index (χ1v) is 5.79. The molecular formula is C11H10IN3O. The van der Waals surface area contributed by atoms with Crippen LogP contribution in [0.15, 0.2) is 36.7 Å². The van der Waals surface area contributed by atoms with Crippen LogP contribution in [0.3, 0.4) is 0 Å². The number of nitrogens with one attached hydrogen (secondary N) is 1. The van der Waals surface area contributed by atoms with Crippen LogP contribution in [0, 0.1) is 3.57 Å². The molecule has 82 valence electrons. The summed E-state index contributed by atoms with van der Waals surface area (Å²) in [6.07, 6.45) is 3.22. The third-order valence-electron chi connectivity index (χ3n) is 1.90. The quantitative estimate of drug-likeness (QED) is 0.881. The normalized spacial score (nSPS) is 9.88. The first kappa shape index (κ1) is 11.1. The first-order chi connectivity index (χ1) is 7.78. The van der Waals surface area contributed by atoms with Crippen LogP contribution in [0.4, 0.5) is 5.82 Å². The summed E-state index contributed by atoms with van der Waals surface area (Å²) in [4.78, 5) is 8.23. The van der Waals surface area contributed by atoms with Gasteiger partial charge < -0.3 is 10.1 Å². The summed E-state index contributed by atoms with van der Waals surface area (Å²) >= 11 is 2.25. The van der Waals surface area contributed by atoms with Crippen LogP contribution in [0.1, 0.15) is 0 Å². The molecule has 0 bridgehead atoms. The maximum atomic E-state index is 5.56. The molecule has 0 aliphatic carbocycles. The molecule has 4 nitrogen and oxygen atoms in total. The van der Waals surface area contributed by atoms with E-state index in [0.29, 0.717) is 11.7 Å². The lowest BCUT2D eigenvalue weighted by Gasteiger charge is -2.05. The fourth-order valence-electron chi connectivity index (χ4n) is 1.14. The lowest BCUT2D eigenvalue weighted by Crippen LogP contribution is -1.95. The third kappa shape index (κ3) is 2.82. The van der Waals surface area contributed by atoms with Gasteiger partial charge in [-0.25, -0.2) is 0 Å². The molecule has 1 aromatic heterocycles. The maximum Gasteiger partial charge on any atom is 0.239 e. The van der Waals surface area contributed by atoms with Gasteiger partial charge in [-0.2, -0.15) is 4.98 Å². The van der Waals surface area contributed by atoms with Crippen LogP contribution in [-0.4, -0.2) is 17.0 Å². The van der Waals surface area contributed by atoms with E-state index >= 15 is 0 Å². The Balaban J connectivity index is 2.16. The molecule has 0 spiro atoms. The van der Waals surface area contributed by atoms with Crippen molar-refractivity contribution in [3.63, 3.8) is 0 Å². The number of hydrogen-bond acceptors (Lipinski definition) is 4. The first-order valence-electron chi connectivity index (χ1n) is 4.71. The summed E-state index contributed by atoms with van der Waals surface area (Å²) in [5.41, 5.74) is 0. The molecule has 0 aliphatic heterocycles. The molecule has 2 aromatic rings. The summed E-state index contributed by atoms with van der Waals surface area (Å²) in [5, 5.41) is 2.91. The summed E-state index contributed by atoms with van der Waals surface area (Å²) in [6, 6.07) is 7.75. The van der Waals surface area contributed by atoms with Crippen molar-refractivity contribution >= 4 is 28.4 Å². The summed E-state index contributed by atoms with van der Waals surface area (Å²) < 4.78 is 6.73. The van der Waals surface area contributed by atoms with E-state index in [2.05, 4.69) is 37.9 Å². The van der Waals surface area contributed by atoms with E-state index in [0.717, 1.165) is 5.75 Å². The fourth-order valence-corrected chi connectivity index (χ4v) is 1.50. The van der Waals surface area contributed by atoms with Crippen molar-refractivity contribution in [2.45, 2.75) is 0 Å². The second-order valence-electron chi connectivity index (χ2n) is 3.05. The van der Waals surface area contributed by atoms with Gasteiger partial charge in [0.1, 0.15) is 11.6 Å². The van der Waals surface area contributed by atoms with Gasteiger partial charge in [0.25, 0.3) is 0 Å². The van der Waals surface area contributed by atoms with Gasteiger partial charge in [0.05, 0.1) is 12.4 Å². The van der Waals surface area contributed by atoms with Gasteiger partial charge in [-0.05, 0) is 46.9 Å². The third-order valence-corrected chi connectivity index (χ3v) is 2.62. The minimum Gasteiger partial charge on any atom is -0.437 e. The number of anilines is 1. The van der Waals surface area contributed by atoms with Crippen LogP contribution < -0.4 is 10.1 Å². The van der Waals surface area contributed by atoms with E-state index in [4.69, 9.17) is 4.74 Å². The van der Waals surface area contributed by atoms with Crippen molar-refractivity contribution < 1.29 is 4.74 Å².